The average Bonchev–Trinajstić information content (AvgIpc) is 2.55. The standard InChI is InChI=1S/C19H26F2N2O3/c1-13(2)7-8-26-12-18(24)16(11-23(3)4)19(25)22-10-14-5-6-15(20)9-17(14)21/h5-6,9,11,13H,7-8,10,12H2,1-4H3,(H,22,25). The van der Waals surface area contributed by atoms with Crippen LogP contribution in [0.15, 0.2) is 30.0 Å². The molecule has 0 radical (unpaired) electrons. The van der Waals surface area contributed by atoms with Gasteiger partial charge < -0.3 is 15.0 Å². The molecule has 0 spiro atoms. The van der Waals surface area contributed by atoms with E-state index < -0.39 is 23.3 Å². The molecule has 1 rings (SSSR count). The van der Waals surface area contributed by atoms with Crippen molar-refractivity contribution >= 4 is 11.7 Å². The molecule has 0 atom stereocenters. The van der Waals surface area contributed by atoms with Crippen molar-refractivity contribution in [2.45, 2.75) is 26.8 Å². The maximum atomic E-state index is 13.6. The molecular formula is C19H26F2N2O3. The second kappa shape index (κ2) is 10.7. The fraction of sp³-hybridized carbons (Fsp3) is 0.474. The monoisotopic (exact) mass is 368 g/mol. The molecule has 0 aliphatic heterocycles. The zero-order chi connectivity index (χ0) is 19.7. The van der Waals surface area contributed by atoms with Crippen LogP contribution in [0.1, 0.15) is 25.8 Å². The highest BCUT2D eigenvalue weighted by molar-refractivity contribution is 6.19. The van der Waals surface area contributed by atoms with Gasteiger partial charge >= 0.3 is 0 Å². The van der Waals surface area contributed by atoms with Crippen molar-refractivity contribution in [1.82, 2.24) is 10.2 Å². The summed E-state index contributed by atoms with van der Waals surface area (Å²) in [7, 11) is 3.36. The molecule has 1 aromatic carbocycles. The van der Waals surface area contributed by atoms with E-state index in [1.54, 1.807) is 19.0 Å². The number of hydrogen-bond donors (Lipinski definition) is 1. The van der Waals surface area contributed by atoms with Crippen molar-refractivity contribution in [1.29, 1.82) is 0 Å². The Morgan fingerprint density at radius 2 is 1.96 bits per heavy atom. The number of ketones is 1. The normalized spacial score (nSPS) is 11.6. The maximum absolute atomic E-state index is 13.6. The van der Waals surface area contributed by atoms with Crippen molar-refractivity contribution in [3.05, 3.63) is 47.2 Å². The molecule has 0 saturated carbocycles. The summed E-state index contributed by atoms with van der Waals surface area (Å²) in [6.45, 7) is 4.16. The van der Waals surface area contributed by atoms with Crippen molar-refractivity contribution < 1.29 is 23.1 Å². The minimum Gasteiger partial charge on any atom is -0.383 e. The fourth-order valence-corrected chi connectivity index (χ4v) is 2.01. The first-order valence-corrected chi connectivity index (χ1v) is 8.42. The van der Waals surface area contributed by atoms with Crippen LogP contribution >= 0.6 is 0 Å². The summed E-state index contributed by atoms with van der Waals surface area (Å²) in [6, 6.07) is 3.10. The predicted octanol–water partition coefficient (Wildman–Crippen LogP) is 2.66. The number of nitrogens with one attached hydrogen (secondary N) is 1. The summed E-state index contributed by atoms with van der Waals surface area (Å²) in [6.07, 6.45) is 2.21. The lowest BCUT2D eigenvalue weighted by Crippen LogP contribution is -2.31. The third kappa shape index (κ3) is 7.74. The fourth-order valence-electron chi connectivity index (χ4n) is 2.01. The van der Waals surface area contributed by atoms with Gasteiger partial charge in [-0.2, -0.15) is 0 Å². The molecule has 0 saturated heterocycles. The summed E-state index contributed by atoms with van der Waals surface area (Å²) in [4.78, 5) is 26.2. The second-order valence-electron chi connectivity index (χ2n) is 6.58. The van der Waals surface area contributed by atoms with Gasteiger partial charge in [0.2, 0.25) is 0 Å². The van der Waals surface area contributed by atoms with Gasteiger partial charge in [-0.3, -0.25) is 9.59 Å². The Morgan fingerprint density at radius 3 is 2.54 bits per heavy atom. The molecule has 7 heteroatoms. The zero-order valence-corrected chi connectivity index (χ0v) is 15.6. The highest BCUT2D eigenvalue weighted by Gasteiger charge is 2.19. The molecule has 0 fully saturated rings. The SMILES string of the molecule is CC(C)CCOCC(=O)C(=CN(C)C)C(=O)NCc1ccc(F)cc1F. The van der Waals surface area contributed by atoms with E-state index in [9.17, 15) is 18.4 Å². The molecular weight excluding hydrogens is 342 g/mol. The van der Waals surface area contributed by atoms with Gasteiger partial charge in [0.25, 0.3) is 5.91 Å². The Bertz CT molecular complexity index is 658. The van der Waals surface area contributed by atoms with Crippen LogP contribution in [0.5, 0.6) is 0 Å². The third-order valence-electron chi connectivity index (χ3n) is 3.46. The molecule has 1 N–H and O–H groups in total. The maximum Gasteiger partial charge on any atom is 0.256 e. The molecule has 0 aliphatic carbocycles. The number of ether oxygens (including phenoxy) is 1. The Balaban J connectivity index is 2.69. The Labute approximate surface area is 153 Å². The molecule has 0 aliphatic rings. The number of nitrogens with zero attached hydrogens (tertiary/aromatic N) is 1. The molecule has 1 aromatic rings. The van der Waals surface area contributed by atoms with Crippen LogP contribution in [0.3, 0.4) is 0 Å². The number of carbonyl (C=O) groups is 2. The highest BCUT2D eigenvalue weighted by Crippen LogP contribution is 2.10. The number of amides is 1. The Kier molecular flexibility index (Phi) is 8.92. The van der Waals surface area contributed by atoms with Gasteiger partial charge in [-0.15, -0.1) is 0 Å². The van der Waals surface area contributed by atoms with Crippen LogP contribution in [0.25, 0.3) is 0 Å². The van der Waals surface area contributed by atoms with Crippen molar-refractivity contribution in [3.8, 4) is 0 Å². The quantitative estimate of drug-likeness (QED) is 0.299. The molecule has 26 heavy (non-hydrogen) atoms. The summed E-state index contributed by atoms with van der Waals surface area (Å²) in [5.74, 6) is -2.10. The minimum atomic E-state index is -0.758. The number of hydrogen-bond acceptors (Lipinski definition) is 4. The number of carbonyl (C=O) groups excluding carboxylic acids is 2. The lowest BCUT2D eigenvalue weighted by molar-refractivity contribution is -0.125. The number of halogens is 2. The van der Waals surface area contributed by atoms with Crippen LogP contribution in [0.4, 0.5) is 8.78 Å². The lowest BCUT2D eigenvalue weighted by atomic mass is 10.1. The molecule has 5 nitrogen and oxygen atoms in total. The lowest BCUT2D eigenvalue weighted by Gasteiger charge is -2.13. The van der Waals surface area contributed by atoms with E-state index in [-0.39, 0.29) is 24.3 Å². The summed E-state index contributed by atoms with van der Waals surface area (Å²) in [5.41, 5.74) is 0.0478. The van der Waals surface area contributed by atoms with Gasteiger partial charge in [-0.25, -0.2) is 8.78 Å². The van der Waals surface area contributed by atoms with Crippen LogP contribution in [-0.2, 0) is 20.9 Å². The van der Waals surface area contributed by atoms with Gasteiger partial charge in [-0.05, 0) is 18.4 Å². The van der Waals surface area contributed by atoms with Gasteiger partial charge in [-0.1, -0.05) is 19.9 Å². The zero-order valence-electron chi connectivity index (χ0n) is 15.6. The number of benzene rings is 1. The van der Waals surface area contributed by atoms with E-state index in [0.717, 1.165) is 18.6 Å². The van der Waals surface area contributed by atoms with Gasteiger partial charge in [0.15, 0.2) is 5.78 Å². The molecule has 0 aromatic heterocycles. The van der Waals surface area contributed by atoms with E-state index in [1.807, 2.05) is 13.8 Å². The first-order valence-electron chi connectivity index (χ1n) is 8.42. The molecule has 1 amide bonds. The van der Waals surface area contributed by atoms with Crippen molar-refractivity contribution in [2.75, 3.05) is 27.3 Å². The number of Topliss-reactive ketones (excluding diaryl/α,β-unsaturated/α-hetero) is 1. The van der Waals surface area contributed by atoms with Crippen LogP contribution in [0, 0.1) is 17.6 Å². The van der Waals surface area contributed by atoms with Crippen molar-refractivity contribution in [2.24, 2.45) is 5.92 Å². The van der Waals surface area contributed by atoms with E-state index >= 15 is 0 Å². The largest absolute Gasteiger partial charge is 0.383 e. The van der Waals surface area contributed by atoms with Gasteiger partial charge in [0.1, 0.15) is 23.8 Å². The third-order valence-corrected chi connectivity index (χ3v) is 3.46. The minimum absolute atomic E-state index is 0.0814. The number of rotatable bonds is 10. The van der Waals surface area contributed by atoms with Gasteiger partial charge in [0.05, 0.1) is 0 Å². The van der Waals surface area contributed by atoms with E-state index in [0.29, 0.717) is 12.5 Å². The molecule has 0 unspecified atom stereocenters. The van der Waals surface area contributed by atoms with Gasteiger partial charge in [0, 0.05) is 45.1 Å². The van der Waals surface area contributed by atoms with Crippen LogP contribution in [0.2, 0.25) is 0 Å². The smallest absolute Gasteiger partial charge is 0.256 e. The molecule has 144 valence electrons. The van der Waals surface area contributed by atoms with E-state index in [1.165, 1.54) is 12.3 Å². The second-order valence-corrected chi connectivity index (χ2v) is 6.58. The summed E-state index contributed by atoms with van der Waals surface area (Å²) >= 11 is 0. The first-order chi connectivity index (χ1) is 12.2. The van der Waals surface area contributed by atoms with E-state index in [4.69, 9.17) is 4.74 Å². The van der Waals surface area contributed by atoms with Crippen LogP contribution < -0.4 is 5.32 Å². The Hall–Kier alpha value is -2.28. The molecule has 0 bridgehead atoms. The predicted molar refractivity (Wildman–Crippen MR) is 95.3 cm³/mol. The Morgan fingerprint density at radius 1 is 1.27 bits per heavy atom. The first kappa shape index (κ1) is 21.8. The summed E-state index contributed by atoms with van der Waals surface area (Å²) in [5, 5.41) is 2.48. The topological polar surface area (TPSA) is 58.6 Å². The van der Waals surface area contributed by atoms with Crippen LogP contribution in [-0.4, -0.2) is 43.9 Å². The van der Waals surface area contributed by atoms with Crippen molar-refractivity contribution in [3.63, 3.8) is 0 Å². The average molecular weight is 368 g/mol. The molecule has 0 heterocycles. The highest BCUT2D eigenvalue weighted by atomic mass is 19.1. The summed E-state index contributed by atoms with van der Waals surface area (Å²) < 4.78 is 31.9. The van der Waals surface area contributed by atoms with E-state index in [2.05, 4.69) is 5.32 Å².